The van der Waals surface area contributed by atoms with E-state index in [9.17, 15) is 9.59 Å². The molecule has 0 radical (unpaired) electrons. The summed E-state index contributed by atoms with van der Waals surface area (Å²) >= 11 is 3.44. The average molecular weight is 494 g/mol. The van der Waals surface area contributed by atoms with Crippen LogP contribution in [0.2, 0.25) is 0 Å². The smallest absolute Gasteiger partial charge is 0.236 e. The molecule has 2 aromatic heterocycles. The molecule has 5 rings (SSSR count). The Kier molecular flexibility index (Phi) is 6.86. The van der Waals surface area contributed by atoms with Crippen LogP contribution in [0.5, 0.6) is 0 Å². The first-order valence-electron chi connectivity index (χ1n) is 12.0. The molecular weight excluding hydrogens is 462 g/mol. The Morgan fingerprint density at radius 2 is 1.79 bits per heavy atom. The van der Waals surface area contributed by atoms with E-state index in [1.54, 1.807) is 11.3 Å². The van der Waals surface area contributed by atoms with Crippen molar-refractivity contribution in [1.82, 2.24) is 14.7 Å². The van der Waals surface area contributed by atoms with Gasteiger partial charge in [0.1, 0.15) is 0 Å². The second-order valence-electron chi connectivity index (χ2n) is 9.31. The number of nitrogens with zero attached hydrogens (tertiary/aromatic N) is 3. The number of rotatable bonds is 5. The molecule has 1 aromatic carbocycles. The molecule has 1 saturated heterocycles. The highest BCUT2D eigenvalue weighted by atomic mass is 32.1. The molecule has 0 aliphatic carbocycles. The Hall–Kier alpha value is -2.48. The number of benzene rings is 1. The Bertz CT molecular complexity index is 1160. The summed E-state index contributed by atoms with van der Waals surface area (Å²) in [5.41, 5.74) is 3.89. The fourth-order valence-electron chi connectivity index (χ4n) is 5.29. The van der Waals surface area contributed by atoms with E-state index in [0.29, 0.717) is 32.6 Å². The van der Waals surface area contributed by atoms with Crippen molar-refractivity contribution in [3.8, 4) is 0 Å². The molecule has 34 heavy (non-hydrogen) atoms. The Balaban J connectivity index is 1.27. The van der Waals surface area contributed by atoms with Crippen LogP contribution in [0.4, 0.5) is 0 Å². The summed E-state index contributed by atoms with van der Waals surface area (Å²) in [6.45, 7) is 7.31. The van der Waals surface area contributed by atoms with E-state index < -0.39 is 0 Å². The fraction of sp³-hybridized carbons (Fsp3) is 0.407. The summed E-state index contributed by atoms with van der Waals surface area (Å²) in [4.78, 5) is 35.0. The van der Waals surface area contributed by atoms with Crippen LogP contribution in [0.1, 0.15) is 39.4 Å². The SMILES string of the molecule is Cc1ccccc1[C@@H]1c2ccsc2CCN1CC(=O)N1CCN(C(=O)Cc2cccs2)[C@H](C)C1. The van der Waals surface area contributed by atoms with E-state index in [2.05, 4.69) is 54.5 Å². The lowest BCUT2D eigenvalue weighted by Gasteiger charge is -2.42. The van der Waals surface area contributed by atoms with Crippen LogP contribution in [-0.2, 0) is 22.4 Å². The van der Waals surface area contributed by atoms with Crippen LogP contribution in [0.25, 0.3) is 0 Å². The average Bonchev–Trinajstić information content (AvgIpc) is 3.51. The molecule has 1 fully saturated rings. The molecule has 0 saturated carbocycles. The van der Waals surface area contributed by atoms with Gasteiger partial charge in [0, 0.05) is 42.0 Å². The first-order valence-corrected chi connectivity index (χ1v) is 13.7. The molecule has 2 aliphatic rings. The Morgan fingerprint density at radius 3 is 2.56 bits per heavy atom. The van der Waals surface area contributed by atoms with Gasteiger partial charge in [-0.2, -0.15) is 0 Å². The van der Waals surface area contributed by atoms with E-state index in [-0.39, 0.29) is 23.9 Å². The maximum Gasteiger partial charge on any atom is 0.236 e. The first-order chi connectivity index (χ1) is 16.5. The summed E-state index contributed by atoms with van der Waals surface area (Å²) < 4.78 is 0. The second kappa shape index (κ2) is 10.0. The van der Waals surface area contributed by atoms with Crippen molar-refractivity contribution in [3.05, 3.63) is 79.7 Å². The van der Waals surface area contributed by atoms with Gasteiger partial charge >= 0.3 is 0 Å². The number of aryl methyl sites for hydroxylation is 1. The number of fused-ring (bicyclic) bond motifs is 1. The third-order valence-electron chi connectivity index (χ3n) is 7.09. The lowest BCUT2D eigenvalue weighted by Crippen LogP contribution is -2.57. The fourth-order valence-corrected chi connectivity index (χ4v) is 6.89. The minimum atomic E-state index is 0.0298. The van der Waals surface area contributed by atoms with Gasteiger partial charge in [-0.25, -0.2) is 0 Å². The first kappa shape index (κ1) is 23.3. The minimum absolute atomic E-state index is 0.0298. The maximum atomic E-state index is 13.4. The van der Waals surface area contributed by atoms with E-state index in [1.807, 2.05) is 38.6 Å². The summed E-state index contributed by atoms with van der Waals surface area (Å²) in [6, 6.07) is 14.9. The number of carbonyl (C=O) groups excluding carboxylic acids is 2. The van der Waals surface area contributed by atoms with Crippen LogP contribution in [0.15, 0.2) is 53.2 Å². The van der Waals surface area contributed by atoms with Crippen LogP contribution in [0.3, 0.4) is 0 Å². The summed E-state index contributed by atoms with van der Waals surface area (Å²) in [6.07, 6.45) is 1.44. The minimum Gasteiger partial charge on any atom is -0.338 e. The lowest BCUT2D eigenvalue weighted by molar-refractivity contribution is -0.143. The lowest BCUT2D eigenvalue weighted by atomic mass is 9.90. The van der Waals surface area contributed by atoms with E-state index in [1.165, 1.54) is 21.6 Å². The van der Waals surface area contributed by atoms with Crippen LogP contribution in [-0.4, -0.2) is 65.3 Å². The van der Waals surface area contributed by atoms with Crippen molar-refractivity contribution in [2.45, 2.75) is 38.8 Å². The molecule has 2 aliphatic heterocycles. The monoisotopic (exact) mass is 493 g/mol. The zero-order chi connectivity index (χ0) is 23.7. The van der Waals surface area contributed by atoms with Gasteiger partial charge in [0.25, 0.3) is 0 Å². The predicted octanol–water partition coefficient (Wildman–Crippen LogP) is 4.37. The highest BCUT2D eigenvalue weighted by Crippen LogP contribution is 2.38. The predicted molar refractivity (Wildman–Crippen MR) is 138 cm³/mol. The second-order valence-corrected chi connectivity index (χ2v) is 11.3. The van der Waals surface area contributed by atoms with E-state index in [0.717, 1.165) is 17.8 Å². The summed E-state index contributed by atoms with van der Waals surface area (Å²) in [5, 5.41) is 4.18. The Labute approximate surface area is 209 Å². The molecule has 5 nitrogen and oxygen atoms in total. The zero-order valence-corrected chi connectivity index (χ0v) is 21.4. The number of thiophene rings is 2. The number of amides is 2. The largest absolute Gasteiger partial charge is 0.338 e. The molecule has 0 N–H and O–H groups in total. The molecular formula is C27H31N3O2S2. The van der Waals surface area contributed by atoms with Crippen LogP contribution in [0, 0.1) is 6.92 Å². The van der Waals surface area contributed by atoms with Gasteiger partial charge in [-0.05, 0) is 59.9 Å². The molecule has 4 heterocycles. The molecule has 0 bridgehead atoms. The van der Waals surface area contributed by atoms with E-state index in [4.69, 9.17) is 0 Å². The van der Waals surface area contributed by atoms with Crippen molar-refractivity contribution >= 4 is 34.5 Å². The van der Waals surface area contributed by atoms with Gasteiger partial charge in [-0.15, -0.1) is 22.7 Å². The molecule has 7 heteroatoms. The molecule has 3 aromatic rings. The Morgan fingerprint density at radius 1 is 0.941 bits per heavy atom. The molecule has 0 unspecified atom stereocenters. The number of hydrogen-bond donors (Lipinski definition) is 0. The molecule has 2 atom stereocenters. The summed E-state index contributed by atoms with van der Waals surface area (Å²) in [7, 11) is 0. The summed E-state index contributed by atoms with van der Waals surface area (Å²) in [5.74, 6) is 0.317. The number of hydrogen-bond acceptors (Lipinski definition) is 5. The number of piperazine rings is 1. The maximum absolute atomic E-state index is 13.4. The zero-order valence-electron chi connectivity index (χ0n) is 19.8. The molecule has 2 amide bonds. The van der Waals surface area contributed by atoms with Gasteiger partial charge < -0.3 is 9.80 Å². The highest BCUT2D eigenvalue weighted by molar-refractivity contribution is 7.10. The molecule has 0 spiro atoms. The standard InChI is InChI=1S/C27H31N3O2S2/c1-19-6-3-4-8-22(19)27-23-10-15-34-24(23)9-11-29(27)18-26(32)28-12-13-30(20(2)17-28)25(31)16-21-7-5-14-33-21/h3-8,10,14-15,20,27H,9,11-13,16-18H2,1-2H3/t20-,27-/m1/s1. The van der Waals surface area contributed by atoms with Gasteiger partial charge in [0.05, 0.1) is 19.0 Å². The number of carbonyl (C=O) groups is 2. The van der Waals surface area contributed by atoms with Gasteiger partial charge in [-0.1, -0.05) is 30.3 Å². The quantitative estimate of drug-likeness (QED) is 0.530. The van der Waals surface area contributed by atoms with Crippen molar-refractivity contribution in [3.63, 3.8) is 0 Å². The normalized spacial score (nSPS) is 20.9. The van der Waals surface area contributed by atoms with Crippen molar-refractivity contribution in [2.24, 2.45) is 0 Å². The third kappa shape index (κ3) is 4.69. The van der Waals surface area contributed by atoms with Crippen molar-refractivity contribution in [1.29, 1.82) is 0 Å². The van der Waals surface area contributed by atoms with Gasteiger partial charge in [0.15, 0.2) is 0 Å². The van der Waals surface area contributed by atoms with Gasteiger partial charge in [-0.3, -0.25) is 14.5 Å². The van der Waals surface area contributed by atoms with Crippen molar-refractivity contribution < 1.29 is 9.59 Å². The highest BCUT2D eigenvalue weighted by Gasteiger charge is 2.34. The van der Waals surface area contributed by atoms with E-state index >= 15 is 0 Å². The van der Waals surface area contributed by atoms with Crippen LogP contribution < -0.4 is 0 Å². The topological polar surface area (TPSA) is 43.9 Å². The van der Waals surface area contributed by atoms with Gasteiger partial charge in [0.2, 0.25) is 11.8 Å². The third-order valence-corrected chi connectivity index (χ3v) is 8.97. The molecule has 178 valence electrons. The van der Waals surface area contributed by atoms with Crippen LogP contribution >= 0.6 is 22.7 Å². The van der Waals surface area contributed by atoms with Crippen molar-refractivity contribution in [2.75, 3.05) is 32.7 Å².